The first-order chi connectivity index (χ1) is 12.7. The topological polar surface area (TPSA) is 59.8 Å². The van der Waals surface area contributed by atoms with Crippen LogP contribution in [0.15, 0.2) is 42.5 Å². The van der Waals surface area contributed by atoms with Crippen molar-refractivity contribution in [1.29, 1.82) is 0 Å². The van der Waals surface area contributed by atoms with Crippen LogP contribution in [0.1, 0.15) is 44.2 Å². The predicted octanol–water partition coefficient (Wildman–Crippen LogP) is 4.64. The molecule has 1 aromatic carbocycles. The molecule has 134 valence electrons. The molecule has 0 radical (unpaired) electrons. The largest absolute Gasteiger partial charge is 0.311 e. The molecular formula is C21H24N4O. The molecule has 1 fully saturated rings. The first-order valence-electron chi connectivity index (χ1n) is 9.42. The van der Waals surface area contributed by atoms with E-state index in [1.165, 1.54) is 19.3 Å². The Morgan fingerprint density at radius 1 is 1.15 bits per heavy atom. The lowest BCUT2D eigenvalue weighted by Crippen LogP contribution is -2.20. The van der Waals surface area contributed by atoms with E-state index >= 15 is 0 Å². The first-order valence-corrected chi connectivity index (χ1v) is 9.42. The molecule has 1 saturated carbocycles. The molecule has 0 saturated heterocycles. The van der Waals surface area contributed by atoms with Crippen molar-refractivity contribution in [3.05, 3.63) is 48.2 Å². The van der Waals surface area contributed by atoms with Crippen molar-refractivity contribution in [3.63, 3.8) is 0 Å². The number of amides is 1. The Labute approximate surface area is 153 Å². The van der Waals surface area contributed by atoms with Gasteiger partial charge in [0.05, 0.1) is 11.2 Å². The van der Waals surface area contributed by atoms with Crippen molar-refractivity contribution in [1.82, 2.24) is 14.8 Å². The van der Waals surface area contributed by atoms with E-state index in [1.54, 1.807) is 4.68 Å². The minimum absolute atomic E-state index is 0.0684. The summed E-state index contributed by atoms with van der Waals surface area (Å²) in [5.74, 6) is 1.98. The number of aryl methyl sites for hydroxylation is 1. The van der Waals surface area contributed by atoms with E-state index in [4.69, 9.17) is 4.98 Å². The number of carbonyl (C=O) groups is 1. The molecule has 0 aliphatic heterocycles. The molecule has 2 heterocycles. The number of benzene rings is 1. The van der Waals surface area contributed by atoms with E-state index in [0.29, 0.717) is 24.0 Å². The standard InChI is InChI=1S/C21H24N4O/c1-15-13-20(23-21(26)14-16-7-3-2-4-8-16)25(24-15)19-12-11-17-9-5-6-10-18(17)22-19/h5-6,9-13,16H,2-4,7-8,14H2,1H3,(H,23,26). The van der Waals surface area contributed by atoms with Crippen LogP contribution in [0.25, 0.3) is 16.7 Å². The summed E-state index contributed by atoms with van der Waals surface area (Å²) in [7, 11) is 0. The molecule has 0 spiro atoms. The Morgan fingerprint density at radius 2 is 1.96 bits per heavy atom. The Balaban J connectivity index is 1.56. The highest BCUT2D eigenvalue weighted by Crippen LogP contribution is 2.27. The van der Waals surface area contributed by atoms with Gasteiger partial charge in [0.15, 0.2) is 5.82 Å². The van der Waals surface area contributed by atoms with E-state index in [1.807, 2.05) is 49.4 Å². The number of nitrogens with zero attached hydrogens (tertiary/aromatic N) is 3. The molecule has 1 N–H and O–H groups in total. The third-order valence-electron chi connectivity index (χ3n) is 5.10. The minimum atomic E-state index is 0.0684. The summed E-state index contributed by atoms with van der Waals surface area (Å²) in [6, 6.07) is 13.9. The highest BCUT2D eigenvalue weighted by atomic mass is 16.1. The average molecular weight is 348 g/mol. The lowest BCUT2D eigenvalue weighted by molar-refractivity contribution is -0.117. The van der Waals surface area contributed by atoms with E-state index in [2.05, 4.69) is 10.4 Å². The highest BCUT2D eigenvalue weighted by Gasteiger charge is 2.19. The number of pyridine rings is 1. The number of carbonyl (C=O) groups excluding carboxylic acids is 1. The maximum Gasteiger partial charge on any atom is 0.225 e. The van der Waals surface area contributed by atoms with Crippen LogP contribution in [-0.2, 0) is 4.79 Å². The normalized spacial score (nSPS) is 15.3. The number of hydrogen-bond acceptors (Lipinski definition) is 3. The molecule has 1 aliphatic rings. The monoisotopic (exact) mass is 348 g/mol. The molecular weight excluding hydrogens is 324 g/mol. The van der Waals surface area contributed by atoms with Crippen LogP contribution in [0.4, 0.5) is 5.82 Å². The quantitative estimate of drug-likeness (QED) is 0.747. The van der Waals surface area contributed by atoms with Gasteiger partial charge in [-0.15, -0.1) is 0 Å². The number of hydrogen-bond donors (Lipinski definition) is 1. The Hall–Kier alpha value is -2.69. The zero-order valence-corrected chi connectivity index (χ0v) is 15.1. The second-order valence-corrected chi connectivity index (χ2v) is 7.20. The van der Waals surface area contributed by atoms with Gasteiger partial charge in [0.1, 0.15) is 5.82 Å². The van der Waals surface area contributed by atoms with Crippen molar-refractivity contribution >= 4 is 22.6 Å². The highest BCUT2D eigenvalue weighted by molar-refractivity contribution is 5.90. The van der Waals surface area contributed by atoms with Gasteiger partial charge in [0.2, 0.25) is 5.91 Å². The zero-order chi connectivity index (χ0) is 17.9. The number of anilines is 1. The lowest BCUT2D eigenvalue weighted by Gasteiger charge is -2.20. The molecule has 5 nitrogen and oxygen atoms in total. The van der Waals surface area contributed by atoms with Gasteiger partial charge < -0.3 is 5.32 Å². The van der Waals surface area contributed by atoms with Crippen LogP contribution in [0, 0.1) is 12.8 Å². The van der Waals surface area contributed by atoms with Gasteiger partial charge in [-0.1, -0.05) is 37.5 Å². The molecule has 4 rings (SSSR count). The number of aromatic nitrogens is 3. The second-order valence-electron chi connectivity index (χ2n) is 7.20. The maximum absolute atomic E-state index is 12.5. The Bertz CT molecular complexity index is 925. The van der Waals surface area contributed by atoms with Crippen molar-refractivity contribution in [2.75, 3.05) is 5.32 Å². The molecule has 1 amide bonds. The van der Waals surface area contributed by atoms with Gasteiger partial charge >= 0.3 is 0 Å². The van der Waals surface area contributed by atoms with Gasteiger partial charge in [-0.05, 0) is 43.9 Å². The first kappa shape index (κ1) is 16.8. The van der Waals surface area contributed by atoms with E-state index < -0.39 is 0 Å². The van der Waals surface area contributed by atoms with Crippen molar-refractivity contribution in [2.45, 2.75) is 45.4 Å². The molecule has 0 atom stereocenters. The smallest absolute Gasteiger partial charge is 0.225 e. The van der Waals surface area contributed by atoms with Gasteiger partial charge in [0.25, 0.3) is 0 Å². The van der Waals surface area contributed by atoms with Crippen molar-refractivity contribution < 1.29 is 4.79 Å². The summed E-state index contributed by atoms with van der Waals surface area (Å²) >= 11 is 0. The van der Waals surface area contributed by atoms with E-state index in [0.717, 1.165) is 29.4 Å². The van der Waals surface area contributed by atoms with Crippen LogP contribution in [0.2, 0.25) is 0 Å². The number of nitrogens with one attached hydrogen (secondary N) is 1. The minimum Gasteiger partial charge on any atom is -0.311 e. The van der Waals surface area contributed by atoms with Gasteiger partial charge in [-0.25, -0.2) is 4.98 Å². The third kappa shape index (κ3) is 3.62. The number of fused-ring (bicyclic) bond motifs is 1. The SMILES string of the molecule is Cc1cc(NC(=O)CC2CCCCC2)n(-c2ccc3ccccc3n2)n1. The Morgan fingerprint density at radius 3 is 2.81 bits per heavy atom. The average Bonchev–Trinajstić information content (AvgIpc) is 3.02. The summed E-state index contributed by atoms with van der Waals surface area (Å²) in [6.07, 6.45) is 6.72. The molecule has 5 heteroatoms. The van der Waals surface area contributed by atoms with Crippen LogP contribution in [0.5, 0.6) is 0 Å². The van der Waals surface area contributed by atoms with Crippen LogP contribution < -0.4 is 5.32 Å². The number of para-hydroxylation sites is 1. The molecule has 26 heavy (non-hydrogen) atoms. The van der Waals surface area contributed by atoms with Crippen LogP contribution >= 0.6 is 0 Å². The van der Waals surface area contributed by atoms with Gasteiger partial charge in [0, 0.05) is 17.9 Å². The molecule has 0 bridgehead atoms. The molecule has 0 unspecified atom stereocenters. The lowest BCUT2D eigenvalue weighted by atomic mass is 9.87. The second kappa shape index (κ2) is 7.28. The predicted molar refractivity (Wildman–Crippen MR) is 103 cm³/mol. The fourth-order valence-electron chi connectivity index (χ4n) is 3.78. The summed E-state index contributed by atoms with van der Waals surface area (Å²) in [5, 5.41) is 8.66. The summed E-state index contributed by atoms with van der Waals surface area (Å²) < 4.78 is 1.72. The van der Waals surface area contributed by atoms with Gasteiger partial charge in [-0.3, -0.25) is 4.79 Å². The fraction of sp³-hybridized carbons (Fsp3) is 0.381. The van der Waals surface area contributed by atoms with Gasteiger partial charge in [-0.2, -0.15) is 9.78 Å². The number of rotatable bonds is 4. The molecule has 3 aromatic rings. The van der Waals surface area contributed by atoms with Crippen molar-refractivity contribution in [3.8, 4) is 5.82 Å². The third-order valence-corrected chi connectivity index (χ3v) is 5.10. The summed E-state index contributed by atoms with van der Waals surface area (Å²) in [6.45, 7) is 1.92. The molecule has 2 aromatic heterocycles. The zero-order valence-electron chi connectivity index (χ0n) is 15.1. The fourth-order valence-corrected chi connectivity index (χ4v) is 3.78. The Kier molecular flexibility index (Phi) is 4.69. The van der Waals surface area contributed by atoms with E-state index in [-0.39, 0.29) is 5.91 Å². The summed E-state index contributed by atoms with van der Waals surface area (Å²) in [4.78, 5) is 17.2. The van der Waals surface area contributed by atoms with Crippen molar-refractivity contribution in [2.24, 2.45) is 5.92 Å². The summed E-state index contributed by atoms with van der Waals surface area (Å²) in [5.41, 5.74) is 1.77. The van der Waals surface area contributed by atoms with Crippen LogP contribution in [0.3, 0.4) is 0 Å². The molecule has 1 aliphatic carbocycles. The van der Waals surface area contributed by atoms with E-state index in [9.17, 15) is 4.79 Å². The maximum atomic E-state index is 12.5. The van der Waals surface area contributed by atoms with Crippen LogP contribution in [-0.4, -0.2) is 20.7 Å².